The van der Waals surface area contributed by atoms with E-state index in [0.717, 1.165) is 11.5 Å². The molecule has 27 heavy (non-hydrogen) atoms. The van der Waals surface area contributed by atoms with Crippen molar-refractivity contribution in [1.82, 2.24) is 0 Å². The van der Waals surface area contributed by atoms with Gasteiger partial charge in [-0.05, 0) is 36.8 Å². The predicted molar refractivity (Wildman–Crippen MR) is 109 cm³/mol. The van der Waals surface area contributed by atoms with Crippen LogP contribution < -0.4 is 5.32 Å². The maximum Gasteiger partial charge on any atom is 0.338 e. The molecule has 1 aliphatic rings. The third kappa shape index (κ3) is 4.85. The number of hydrogen-bond acceptors (Lipinski definition) is 6. The lowest BCUT2D eigenvalue weighted by Crippen LogP contribution is -2.30. The number of ether oxygens (including phenoxy) is 1. The fourth-order valence-corrected chi connectivity index (χ4v) is 5.39. The predicted octanol–water partition coefficient (Wildman–Crippen LogP) is 4.22. The van der Waals surface area contributed by atoms with E-state index in [0.29, 0.717) is 21.4 Å². The number of nitrogens with zero attached hydrogens (tertiary/aromatic N) is 1. The molecule has 3 rings (SSSR count). The lowest BCUT2D eigenvalue weighted by Gasteiger charge is -2.14. The van der Waals surface area contributed by atoms with Crippen molar-refractivity contribution in [2.75, 3.05) is 16.8 Å². The van der Waals surface area contributed by atoms with Gasteiger partial charge in [-0.15, -0.1) is 23.5 Å². The molecule has 138 valence electrons. The molecule has 0 unspecified atom stereocenters. The number of nitriles is 1. The van der Waals surface area contributed by atoms with E-state index in [2.05, 4.69) is 5.32 Å². The lowest BCUT2D eigenvalue weighted by molar-refractivity contribution is -0.123. The fraction of sp³-hybridized carbons (Fsp3) is 0.250. The van der Waals surface area contributed by atoms with Gasteiger partial charge in [0.15, 0.2) is 6.10 Å². The second-order valence-electron chi connectivity index (χ2n) is 5.89. The van der Waals surface area contributed by atoms with Crippen LogP contribution in [0.2, 0.25) is 0 Å². The maximum atomic E-state index is 12.3. The van der Waals surface area contributed by atoms with Gasteiger partial charge in [0.1, 0.15) is 6.07 Å². The number of hydrogen-bond donors (Lipinski definition) is 1. The number of anilines is 1. The third-order valence-electron chi connectivity index (χ3n) is 4.00. The van der Waals surface area contributed by atoms with Crippen LogP contribution in [0.4, 0.5) is 5.69 Å². The third-order valence-corrected chi connectivity index (χ3v) is 7.10. The van der Waals surface area contributed by atoms with E-state index < -0.39 is 18.0 Å². The number of rotatable bonds is 5. The van der Waals surface area contributed by atoms with E-state index in [1.54, 1.807) is 36.4 Å². The molecule has 7 heteroatoms. The normalized spacial score (nSPS) is 15.0. The van der Waals surface area contributed by atoms with Crippen LogP contribution in [0.5, 0.6) is 0 Å². The van der Waals surface area contributed by atoms with E-state index in [-0.39, 0.29) is 0 Å². The highest BCUT2D eigenvalue weighted by atomic mass is 32.2. The molecular formula is C20H18N2O3S2. The number of thioether (sulfide) groups is 2. The maximum absolute atomic E-state index is 12.3. The summed E-state index contributed by atoms with van der Waals surface area (Å²) < 4.78 is 5.68. The van der Waals surface area contributed by atoms with Crippen LogP contribution in [0.3, 0.4) is 0 Å². The Hall–Kier alpha value is -2.43. The molecule has 0 aromatic heterocycles. The summed E-state index contributed by atoms with van der Waals surface area (Å²) in [6.45, 7) is 1.50. The summed E-state index contributed by atoms with van der Waals surface area (Å²) in [5, 5.41) is 11.7. The standard InChI is InChI=1S/C20H18N2O3S2/c1-13(18(23)22-17-5-3-2-4-16(17)12-21)25-19(24)14-6-8-15(9-7-14)20-26-10-11-27-20/h2-9,13,20H,10-11H2,1H3,(H,22,23)/t13-/m0/s1. The van der Waals surface area contributed by atoms with Gasteiger partial charge < -0.3 is 10.1 Å². The van der Waals surface area contributed by atoms with Crippen molar-refractivity contribution < 1.29 is 14.3 Å². The van der Waals surface area contributed by atoms with Gasteiger partial charge in [-0.1, -0.05) is 24.3 Å². The minimum atomic E-state index is -0.982. The van der Waals surface area contributed by atoms with Crippen LogP contribution in [0.15, 0.2) is 48.5 Å². The molecule has 1 aliphatic heterocycles. The number of carbonyl (C=O) groups excluding carboxylic acids is 2. The van der Waals surface area contributed by atoms with Crippen molar-refractivity contribution in [2.45, 2.75) is 17.6 Å². The molecule has 1 amide bonds. The topological polar surface area (TPSA) is 79.2 Å². The molecular weight excluding hydrogens is 380 g/mol. The largest absolute Gasteiger partial charge is 0.449 e. The SMILES string of the molecule is C[C@H](OC(=O)c1ccc(C2SCCS2)cc1)C(=O)Nc1ccccc1C#N. The van der Waals surface area contributed by atoms with Crippen LogP contribution in [0, 0.1) is 11.3 Å². The first-order valence-corrected chi connectivity index (χ1v) is 10.5. The first kappa shape index (κ1) is 19.3. The average Bonchev–Trinajstić information content (AvgIpc) is 3.23. The van der Waals surface area contributed by atoms with E-state index in [1.807, 2.05) is 41.7 Å². The molecule has 5 nitrogen and oxygen atoms in total. The molecule has 2 aromatic carbocycles. The van der Waals surface area contributed by atoms with Crippen molar-refractivity contribution in [3.8, 4) is 6.07 Å². The van der Waals surface area contributed by atoms with Crippen molar-refractivity contribution in [3.05, 3.63) is 65.2 Å². The Balaban J connectivity index is 1.59. The van der Waals surface area contributed by atoms with Crippen molar-refractivity contribution >= 4 is 41.1 Å². The summed E-state index contributed by atoms with van der Waals surface area (Å²) in [4.78, 5) is 24.6. The molecule has 0 saturated carbocycles. The minimum Gasteiger partial charge on any atom is -0.449 e. The number of nitrogens with one attached hydrogen (secondary N) is 1. The van der Waals surface area contributed by atoms with Crippen LogP contribution in [0.25, 0.3) is 0 Å². The van der Waals surface area contributed by atoms with Gasteiger partial charge in [-0.25, -0.2) is 4.79 Å². The number of para-hydroxylation sites is 1. The number of carbonyl (C=O) groups is 2. The van der Waals surface area contributed by atoms with Gasteiger partial charge in [-0.3, -0.25) is 4.79 Å². The van der Waals surface area contributed by atoms with Gasteiger partial charge in [0.2, 0.25) is 0 Å². The van der Waals surface area contributed by atoms with Crippen LogP contribution in [0.1, 0.15) is 33.0 Å². The quantitative estimate of drug-likeness (QED) is 0.760. The van der Waals surface area contributed by atoms with E-state index in [4.69, 9.17) is 10.00 Å². The average molecular weight is 399 g/mol. The summed E-state index contributed by atoms with van der Waals surface area (Å²) in [7, 11) is 0. The molecule has 0 radical (unpaired) electrons. The Morgan fingerprint density at radius 2 is 1.81 bits per heavy atom. The van der Waals surface area contributed by atoms with Gasteiger partial charge in [-0.2, -0.15) is 5.26 Å². The van der Waals surface area contributed by atoms with Gasteiger partial charge >= 0.3 is 5.97 Å². The van der Waals surface area contributed by atoms with Gasteiger partial charge in [0.25, 0.3) is 5.91 Å². The monoisotopic (exact) mass is 398 g/mol. The van der Waals surface area contributed by atoms with Crippen molar-refractivity contribution in [2.24, 2.45) is 0 Å². The Morgan fingerprint density at radius 3 is 2.48 bits per heavy atom. The molecule has 2 aromatic rings. The highest BCUT2D eigenvalue weighted by molar-refractivity contribution is 8.19. The molecule has 1 atom stereocenters. The van der Waals surface area contributed by atoms with Gasteiger partial charge in [0.05, 0.1) is 21.4 Å². The summed E-state index contributed by atoms with van der Waals surface area (Å²) in [5.41, 5.74) is 2.33. The molecule has 0 aliphatic carbocycles. The van der Waals surface area contributed by atoms with Gasteiger partial charge in [0, 0.05) is 11.5 Å². The fourth-order valence-electron chi connectivity index (χ4n) is 2.53. The van der Waals surface area contributed by atoms with E-state index in [1.165, 1.54) is 12.5 Å². The zero-order valence-corrected chi connectivity index (χ0v) is 16.3. The second kappa shape index (κ2) is 8.98. The molecule has 0 spiro atoms. The molecule has 0 bridgehead atoms. The summed E-state index contributed by atoms with van der Waals surface area (Å²) >= 11 is 3.80. The smallest absolute Gasteiger partial charge is 0.338 e. The van der Waals surface area contributed by atoms with Crippen LogP contribution >= 0.6 is 23.5 Å². The Bertz CT molecular complexity index is 872. The van der Waals surface area contributed by atoms with E-state index in [9.17, 15) is 9.59 Å². The summed E-state index contributed by atoms with van der Waals surface area (Å²) in [6.07, 6.45) is -0.982. The first-order chi connectivity index (χ1) is 13.1. The van der Waals surface area contributed by atoms with E-state index >= 15 is 0 Å². The number of esters is 1. The zero-order valence-electron chi connectivity index (χ0n) is 14.7. The summed E-state index contributed by atoms with van der Waals surface area (Å²) in [5.74, 6) is 1.24. The van der Waals surface area contributed by atoms with Crippen molar-refractivity contribution in [1.29, 1.82) is 5.26 Å². The summed E-state index contributed by atoms with van der Waals surface area (Å²) in [6, 6.07) is 16.0. The first-order valence-electron chi connectivity index (χ1n) is 8.42. The number of amides is 1. The number of benzene rings is 2. The minimum absolute atomic E-state index is 0.350. The highest BCUT2D eigenvalue weighted by Crippen LogP contribution is 2.45. The molecule has 1 heterocycles. The Labute approximate surface area is 166 Å². The van der Waals surface area contributed by atoms with Crippen molar-refractivity contribution in [3.63, 3.8) is 0 Å². The highest BCUT2D eigenvalue weighted by Gasteiger charge is 2.21. The zero-order chi connectivity index (χ0) is 19.2. The Kier molecular flexibility index (Phi) is 6.43. The van der Waals surface area contributed by atoms with Crippen LogP contribution in [-0.2, 0) is 9.53 Å². The molecule has 1 N–H and O–H groups in total. The molecule has 1 saturated heterocycles. The van der Waals surface area contributed by atoms with Crippen LogP contribution in [-0.4, -0.2) is 29.5 Å². The Morgan fingerprint density at radius 1 is 1.15 bits per heavy atom. The lowest BCUT2D eigenvalue weighted by atomic mass is 10.1. The second-order valence-corrected chi connectivity index (χ2v) is 8.61. The molecule has 1 fully saturated rings.